The molecule has 0 saturated carbocycles. The zero-order valence-corrected chi connectivity index (χ0v) is 13.8. The van der Waals surface area contributed by atoms with Crippen molar-refractivity contribution < 1.29 is 19.0 Å². The average Bonchev–Trinajstić information content (AvgIpc) is 2.48. The SMILES string of the molecule is COc1cccc(F)c1NC(=O)N1CCN(C[C@@H](C)O)C[C@H]1C. The molecule has 0 spiro atoms. The molecule has 1 aliphatic heterocycles. The van der Waals surface area contributed by atoms with E-state index < -0.39 is 11.9 Å². The molecule has 23 heavy (non-hydrogen) atoms. The highest BCUT2D eigenvalue weighted by Gasteiger charge is 2.28. The lowest BCUT2D eigenvalue weighted by atomic mass is 10.2. The van der Waals surface area contributed by atoms with E-state index in [4.69, 9.17) is 4.74 Å². The first-order valence-corrected chi connectivity index (χ1v) is 7.73. The van der Waals surface area contributed by atoms with E-state index in [0.717, 1.165) is 0 Å². The summed E-state index contributed by atoms with van der Waals surface area (Å²) in [4.78, 5) is 16.2. The fourth-order valence-corrected chi connectivity index (χ4v) is 2.85. The Bertz CT molecular complexity index is 553. The molecule has 2 amide bonds. The van der Waals surface area contributed by atoms with Gasteiger partial charge in [0.15, 0.2) is 5.82 Å². The predicted octanol–water partition coefficient (Wildman–Crippen LogP) is 1.75. The fourth-order valence-electron chi connectivity index (χ4n) is 2.85. The van der Waals surface area contributed by atoms with E-state index in [2.05, 4.69) is 10.2 Å². The maximum Gasteiger partial charge on any atom is 0.322 e. The molecule has 0 aromatic heterocycles. The van der Waals surface area contributed by atoms with Crippen molar-refractivity contribution in [2.24, 2.45) is 0 Å². The largest absolute Gasteiger partial charge is 0.494 e. The summed E-state index contributed by atoms with van der Waals surface area (Å²) in [6, 6.07) is 4.03. The van der Waals surface area contributed by atoms with Gasteiger partial charge in [-0.15, -0.1) is 0 Å². The third-order valence-electron chi connectivity index (χ3n) is 3.92. The molecule has 1 saturated heterocycles. The number of aliphatic hydroxyl groups is 1. The normalized spacial score (nSPS) is 20.2. The number of anilines is 1. The van der Waals surface area contributed by atoms with Crippen LogP contribution in [0.5, 0.6) is 5.75 Å². The van der Waals surface area contributed by atoms with Crippen molar-refractivity contribution in [3.8, 4) is 5.75 Å². The molecular formula is C16H24FN3O3. The summed E-state index contributed by atoms with van der Waals surface area (Å²) in [6.07, 6.45) is -0.398. The number of para-hydroxylation sites is 1. The van der Waals surface area contributed by atoms with Crippen molar-refractivity contribution in [3.63, 3.8) is 0 Å². The van der Waals surface area contributed by atoms with Crippen LogP contribution in [0.1, 0.15) is 13.8 Å². The Morgan fingerprint density at radius 1 is 1.52 bits per heavy atom. The molecule has 0 unspecified atom stereocenters. The molecule has 1 aliphatic rings. The molecule has 2 rings (SSSR count). The number of amides is 2. The minimum absolute atomic E-state index is 0.0275. The molecule has 128 valence electrons. The van der Waals surface area contributed by atoms with Gasteiger partial charge in [0.1, 0.15) is 11.4 Å². The van der Waals surface area contributed by atoms with Crippen LogP contribution >= 0.6 is 0 Å². The lowest BCUT2D eigenvalue weighted by molar-refractivity contribution is 0.0691. The molecule has 1 fully saturated rings. The van der Waals surface area contributed by atoms with Gasteiger partial charge in [0.25, 0.3) is 0 Å². The van der Waals surface area contributed by atoms with E-state index in [1.807, 2.05) is 6.92 Å². The number of ether oxygens (including phenoxy) is 1. The second kappa shape index (κ2) is 7.61. The Kier molecular flexibility index (Phi) is 5.79. The van der Waals surface area contributed by atoms with Gasteiger partial charge >= 0.3 is 6.03 Å². The van der Waals surface area contributed by atoms with Gasteiger partial charge in [0.05, 0.1) is 13.2 Å². The minimum atomic E-state index is -0.530. The number of halogens is 1. The number of β-amino-alcohol motifs (C(OH)–C–C–N with tert-alkyl or cyclic N) is 1. The monoisotopic (exact) mass is 325 g/mol. The Hall–Kier alpha value is -1.86. The number of hydrogen-bond acceptors (Lipinski definition) is 4. The maximum absolute atomic E-state index is 13.9. The number of urea groups is 1. The Morgan fingerprint density at radius 3 is 2.87 bits per heavy atom. The quantitative estimate of drug-likeness (QED) is 0.885. The van der Waals surface area contributed by atoms with Gasteiger partial charge in [-0.2, -0.15) is 0 Å². The van der Waals surface area contributed by atoms with Crippen LogP contribution < -0.4 is 10.1 Å². The summed E-state index contributed by atoms with van der Waals surface area (Å²) >= 11 is 0. The molecule has 0 bridgehead atoms. The third-order valence-corrected chi connectivity index (χ3v) is 3.92. The summed E-state index contributed by atoms with van der Waals surface area (Å²) in [7, 11) is 1.43. The predicted molar refractivity (Wildman–Crippen MR) is 86.3 cm³/mol. The van der Waals surface area contributed by atoms with Gasteiger partial charge in [-0.25, -0.2) is 9.18 Å². The molecule has 1 aromatic carbocycles. The van der Waals surface area contributed by atoms with E-state index >= 15 is 0 Å². The molecule has 0 radical (unpaired) electrons. The van der Waals surface area contributed by atoms with Crippen LogP contribution in [0.2, 0.25) is 0 Å². The van der Waals surface area contributed by atoms with Gasteiger partial charge in [-0.05, 0) is 26.0 Å². The molecule has 7 heteroatoms. The summed E-state index contributed by atoms with van der Waals surface area (Å²) in [6.45, 7) is 6.14. The first kappa shape index (κ1) is 17.5. The number of carbonyl (C=O) groups is 1. The van der Waals surface area contributed by atoms with Gasteiger partial charge in [0.2, 0.25) is 0 Å². The van der Waals surface area contributed by atoms with E-state index in [0.29, 0.717) is 31.9 Å². The molecule has 0 aliphatic carbocycles. The van der Waals surface area contributed by atoms with Gasteiger partial charge < -0.3 is 20.1 Å². The number of nitrogens with one attached hydrogen (secondary N) is 1. The molecule has 2 N–H and O–H groups in total. The van der Waals surface area contributed by atoms with Crippen molar-refractivity contribution in [2.45, 2.75) is 26.0 Å². The Labute approximate surface area is 135 Å². The second-order valence-electron chi connectivity index (χ2n) is 5.90. The minimum Gasteiger partial charge on any atom is -0.494 e. The standard InChI is InChI=1S/C16H24FN3O3/c1-11-9-19(10-12(2)21)7-8-20(11)16(22)18-15-13(17)5-4-6-14(15)23-3/h4-6,11-12,21H,7-10H2,1-3H3,(H,18,22)/t11-,12-/m1/s1. The van der Waals surface area contributed by atoms with Gasteiger partial charge in [-0.1, -0.05) is 6.07 Å². The van der Waals surface area contributed by atoms with Crippen molar-refractivity contribution in [1.82, 2.24) is 9.80 Å². The Balaban J connectivity index is 2.02. The third kappa shape index (κ3) is 4.33. The highest BCUT2D eigenvalue weighted by Crippen LogP contribution is 2.27. The lowest BCUT2D eigenvalue weighted by Crippen LogP contribution is -2.56. The topological polar surface area (TPSA) is 65.0 Å². The smallest absolute Gasteiger partial charge is 0.322 e. The molecule has 1 aromatic rings. The first-order valence-electron chi connectivity index (χ1n) is 7.73. The lowest BCUT2D eigenvalue weighted by Gasteiger charge is -2.40. The van der Waals surface area contributed by atoms with Crippen molar-refractivity contribution in [1.29, 1.82) is 0 Å². The average molecular weight is 325 g/mol. The first-order chi connectivity index (χ1) is 10.9. The molecule has 6 nitrogen and oxygen atoms in total. The fraction of sp³-hybridized carbons (Fsp3) is 0.562. The number of methoxy groups -OCH3 is 1. The summed E-state index contributed by atoms with van der Waals surface area (Å²) in [5, 5.41) is 12.1. The van der Waals surface area contributed by atoms with E-state index in [1.165, 1.54) is 19.2 Å². The second-order valence-corrected chi connectivity index (χ2v) is 5.90. The number of hydrogen-bond donors (Lipinski definition) is 2. The molecular weight excluding hydrogens is 301 g/mol. The number of rotatable bonds is 4. The zero-order valence-electron chi connectivity index (χ0n) is 13.8. The highest BCUT2D eigenvalue weighted by molar-refractivity contribution is 5.91. The van der Waals surface area contributed by atoms with Crippen LogP contribution in [0.15, 0.2) is 18.2 Å². The zero-order chi connectivity index (χ0) is 17.0. The van der Waals surface area contributed by atoms with Crippen LogP contribution in [0, 0.1) is 5.82 Å². The van der Waals surface area contributed by atoms with Crippen molar-refractivity contribution in [2.75, 3.05) is 38.6 Å². The number of carbonyl (C=O) groups excluding carboxylic acids is 1. The van der Waals surface area contributed by atoms with E-state index in [9.17, 15) is 14.3 Å². The van der Waals surface area contributed by atoms with Crippen LogP contribution in [-0.2, 0) is 0 Å². The van der Waals surface area contributed by atoms with E-state index in [1.54, 1.807) is 17.9 Å². The van der Waals surface area contributed by atoms with Crippen LogP contribution in [-0.4, -0.2) is 66.4 Å². The van der Waals surface area contributed by atoms with E-state index in [-0.39, 0.29) is 17.8 Å². The number of piperazine rings is 1. The number of aliphatic hydroxyl groups excluding tert-OH is 1. The van der Waals surface area contributed by atoms with Crippen molar-refractivity contribution in [3.05, 3.63) is 24.0 Å². The van der Waals surface area contributed by atoms with Gasteiger partial charge in [0, 0.05) is 32.2 Å². The van der Waals surface area contributed by atoms with Crippen LogP contribution in [0.4, 0.5) is 14.9 Å². The Morgan fingerprint density at radius 2 is 2.26 bits per heavy atom. The number of benzene rings is 1. The molecule has 2 atom stereocenters. The summed E-state index contributed by atoms with van der Waals surface area (Å²) in [5.41, 5.74) is 0.0543. The van der Waals surface area contributed by atoms with Crippen molar-refractivity contribution >= 4 is 11.7 Å². The van der Waals surface area contributed by atoms with Crippen LogP contribution in [0.25, 0.3) is 0 Å². The number of nitrogens with zero attached hydrogens (tertiary/aromatic N) is 2. The highest BCUT2D eigenvalue weighted by atomic mass is 19.1. The maximum atomic E-state index is 13.9. The molecule has 1 heterocycles. The van der Waals surface area contributed by atoms with Gasteiger partial charge in [-0.3, -0.25) is 4.90 Å². The summed E-state index contributed by atoms with van der Waals surface area (Å²) in [5.74, 6) is -0.239. The van der Waals surface area contributed by atoms with Crippen LogP contribution in [0.3, 0.4) is 0 Å². The summed E-state index contributed by atoms with van der Waals surface area (Å²) < 4.78 is 19.0.